The van der Waals surface area contributed by atoms with Crippen LogP contribution in [0.4, 0.5) is 0 Å². The van der Waals surface area contributed by atoms with Gasteiger partial charge in [0.25, 0.3) is 5.91 Å². The van der Waals surface area contributed by atoms with Crippen LogP contribution in [0.25, 0.3) is 0 Å². The average Bonchev–Trinajstić information content (AvgIpc) is 2.64. The van der Waals surface area contributed by atoms with E-state index >= 15 is 0 Å². The number of hydrogen-bond donors (Lipinski definition) is 2. The van der Waals surface area contributed by atoms with Crippen molar-refractivity contribution >= 4 is 23.4 Å². The molecule has 1 unspecified atom stereocenters. The van der Waals surface area contributed by atoms with Crippen molar-refractivity contribution in [2.75, 3.05) is 6.54 Å². The first-order valence-electron chi connectivity index (χ1n) is 4.84. The van der Waals surface area contributed by atoms with E-state index < -0.39 is 0 Å². The second-order valence-corrected chi connectivity index (χ2v) is 3.93. The van der Waals surface area contributed by atoms with Crippen LogP contribution in [-0.2, 0) is 4.79 Å². The summed E-state index contributed by atoms with van der Waals surface area (Å²) in [4.78, 5) is 26.4. The third-order valence-corrected chi connectivity index (χ3v) is 2.51. The molecule has 0 bridgehead atoms. The van der Waals surface area contributed by atoms with E-state index in [1.54, 1.807) is 6.07 Å². The summed E-state index contributed by atoms with van der Waals surface area (Å²) in [7, 11) is 0. The van der Waals surface area contributed by atoms with E-state index in [1.165, 1.54) is 12.3 Å². The molecule has 1 aromatic heterocycles. The first-order chi connectivity index (χ1) is 7.65. The molecule has 2 amide bonds. The van der Waals surface area contributed by atoms with Crippen molar-refractivity contribution in [2.45, 2.75) is 12.5 Å². The summed E-state index contributed by atoms with van der Waals surface area (Å²) in [6.45, 7) is 0.476. The monoisotopic (exact) mass is 239 g/mol. The highest BCUT2D eigenvalue weighted by Crippen LogP contribution is 2.08. The number of nitrogens with one attached hydrogen (secondary N) is 2. The van der Waals surface area contributed by atoms with Crippen LogP contribution in [-0.4, -0.2) is 29.4 Å². The number of amides is 2. The Morgan fingerprint density at radius 2 is 2.44 bits per heavy atom. The lowest BCUT2D eigenvalue weighted by atomic mass is 10.2. The highest BCUT2D eigenvalue weighted by atomic mass is 35.5. The van der Waals surface area contributed by atoms with E-state index in [9.17, 15) is 9.59 Å². The second kappa shape index (κ2) is 4.49. The number of rotatable bonds is 2. The normalized spacial score (nSPS) is 19.3. The summed E-state index contributed by atoms with van der Waals surface area (Å²) in [6.07, 6.45) is 1.79. The maximum atomic E-state index is 11.7. The Morgan fingerprint density at radius 3 is 3.06 bits per heavy atom. The summed E-state index contributed by atoms with van der Waals surface area (Å²) in [5.74, 6) is -0.288. The fourth-order valence-electron chi connectivity index (χ4n) is 1.52. The van der Waals surface area contributed by atoms with Crippen molar-refractivity contribution < 1.29 is 9.59 Å². The molecule has 1 atom stereocenters. The third kappa shape index (κ3) is 2.49. The second-order valence-electron chi connectivity index (χ2n) is 3.55. The van der Waals surface area contributed by atoms with Crippen molar-refractivity contribution in [1.29, 1.82) is 0 Å². The van der Waals surface area contributed by atoms with Crippen LogP contribution < -0.4 is 10.6 Å². The molecule has 0 radical (unpaired) electrons. The van der Waals surface area contributed by atoms with Crippen molar-refractivity contribution in [3.05, 3.63) is 29.0 Å². The molecule has 1 aliphatic heterocycles. The molecule has 2 heterocycles. The predicted octanol–water partition coefficient (Wildman–Crippen LogP) is 0.353. The van der Waals surface area contributed by atoms with Gasteiger partial charge in [-0.3, -0.25) is 9.59 Å². The molecule has 1 aliphatic rings. The van der Waals surface area contributed by atoms with Crippen molar-refractivity contribution in [2.24, 2.45) is 0 Å². The first kappa shape index (κ1) is 10.9. The maximum Gasteiger partial charge on any atom is 0.251 e. The van der Waals surface area contributed by atoms with Gasteiger partial charge in [-0.2, -0.15) is 0 Å². The van der Waals surface area contributed by atoms with Crippen molar-refractivity contribution in [3.63, 3.8) is 0 Å². The lowest BCUT2D eigenvalue weighted by Crippen LogP contribution is -2.36. The molecule has 0 saturated carbocycles. The molecule has 2 N–H and O–H groups in total. The lowest BCUT2D eigenvalue weighted by molar-refractivity contribution is -0.119. The van der Waals surface area contributed by atoms with Crippen LogP contribution in [0.15, 0.2) is 18.3 Å². The Labute approximate surface area is 97.2 Å². The number of hydrogen-bond acceptors (Lipinski definition) is 3. The van der Waals surface area contributed by atoms with Crippen LogP contribution >= 0.6 is 11.6 Å². The molecule has 5 nitrogen and oxygen atoms in total. The summed E-state index contributed by atoms with van der Waals surface area (Å²) in [5, 5.41) is 5.66. The molecule has 1 saturated heterocycles. The number of nitrogens with zero attached hydrogens (tertiary/aromatic N) is 1. The Hall–Kier alpha value is -1.62. The van der Waals surface area contributed by atoms with Gasteiger partial charge in [-0.1, -0.05) is 11.6 Å². The Balaban J connectivity index is 2.00. The Morgan fingerprint density at radius 1 is 1.62 bits per heavy atom. The SMILES string of the molecule is O=C1CC(NC(=O)c2ccnc(Cl)c2)CN1. The standard InChI is InChI=1S/C10H10ClN3O2/c11-8-3-6(1-2-12-8)10(16)14-7-4-9(15)13-5-7/h1-3,7H,4-5H2,(H,13,15)(H,14,16). The van der Waals surface area contributed by atoms with E-state index in [4.69, 9.17) is 11.6 Å². The van der Waals surface area contributed by atoms with Gasteiger partial charge in [0.2, 0.25) is 5.91 Å². The number of halogens is 1. The summed E-state index contributed by atoms with van der Waals surface area (Å²) < 4.78 is 0. The minimum absolute atomic E-state index is 0.0435. The molecule has 0 aromatic carbocycles. The Bertz CT molecular complexity index is 436. The highest BCUT2D eigenvalue weighted by molar-refractivity contribution is 6.29. The smallest absolute Gasteiger partial charge is 0.251 e. The molecule has 0 spiro atoms. The molecule has 2 rings (SSSR count). The molecule has 6 heteroatoms. The predicted molar refractivity (Wildman–Crippen MR) is 58.1 cm³/mol. The van der Waals surface area contributed by atoms with Crippen LogP contribution in [0, 0.1) is 0 Å². The fraction of sp³-hybridized carbons (Fsp3) is 0.300. The van der Waals surface area contributed by atoms with Crippen LogP contribution in [0.2, 0.25) is 5.15 Å². The van der Waals surface area contributed by atoms with E-state index in [-0.39, 0.29) is 23.0 Å². The Kier molecular flexibility index (Phi) is 3.05. The van der Waals surface area contributed by atoms with Gasteiger partial charge in [-0.25, -0.2) is 4.98 Å². The van der Waals surface area contributed by atoms with E-state index in [1.807, 2.05) is 0 Å². The molecule has 1 aromatic rings. The van der Waals surface area contributed by atoms with E-state index in [0.29, 0.717) is 18.5 Å². The quantitative estimate of drug-likeness (QED) is 0.732. The van der Waals surface area contributed by atoms with Crippen LogP contribution in [0.5, 0.6) is 0 Å². The zero-order chi connectivity index (χ0) is 11.5. The molecular formula is C10H10ClN3O2. The molecular weight excluding hydrogens is 230 g/mol. The van der Waals surface area contributed by atoms with Gasteiger partial charge in [-0.05, 0) is 12.1 Å². The number of pyridine rings is 1. The first-order valence-corrected chi connectivity index (χ1v) is 5.22. The zero-order valence-electron chi connectivity index (χ0n) is 8.37. The van der Waals surface area contributed by atoms with Crippen LogP contribution in [0.1, 0.15) is 16.8 Å². The summed E-state index contributed by atoms with van der Waals surface area (Å²) in [5.41, 5.74) is 0.444. The van der Waals surface area contributed by atoms with Gasteiger partial charge < -0.3 is 10.6 Å². The molecule has 1 fully saturated rings. The van der Waals surface area contributed by atoms with E-state index in [0.717, 1.165) is 0 Å². The summed E-state index contributed by atoms with van der Waals surface area (Å²) >= 11 is 5.67. The van der Waals surface area contributed by atoms with Crippen molar-refractivity contribution in [1.82, 2.24) is 15.6 Å². The fourth-order valence-corrected chi connectivity index (χ4v) is 1.69. The van der Waals surface area contributed by atoms with Gasteiger partial charge in [0.15, 0.2) is 0 Å². The zero-order valence-corrected chi connectivity index (χ0v) is 9.12. The molecule has 0 aliphatic carbocycles. The van der Waals surface area contributed by atoms with E-state index in [2.05, 4.69) is 15.6 Å². The van der Waals surface area contributed by atoms with Gasteiger partial charge in [0.05, 0.1) is 6.04 Å². The molecule has 84 valence electrons. The maximum absolute atomic E-state index is 11.7. The lowest BCUT2D eigenvalue weighted by Gasteiger charge is -2.10. The topological polar surface area (TPSA) is 71.1 Å². The number of aromatic nitrogens is 1. The van der Waals surface area contributed by atoms with Gasteiger partial charge in [0.1, 0.15) is 5.15 Å². The number of carbonyl (C=O) groups excluding carboxylic acids is 2. The number of carbonyl (C=O) groups is 2. The third-order valence-electron chi connectivity index (χ3n) is 2.30. The van der Waals surface area contributed by atoms with Crippen LogP contribution in [0.3, 0.4) is 0 Å². The van der Waals surface area contributed by atoms with Crippen molar-refractivity contribution in [3.8, 4) is 0 Å². The summed E-state index contributed by atoms with van der Waals surface area (Å²) in [6, 6.07) is 2.92. The largest absolute Gasteiger partial charge is 0.354 e. The molecule has 16 heavy (non-hydrogen) atoms. The van der Waals surface area contributed by atoms with Gasteiger partial charge in [-0.15, -0.1) is 0 Å². The average molecular weight is 240 g/mol. The minimum atomic E-state index is -0.245. The minimum Gasteiger partial charge on any atom is -0.354 e. The van der Waals surface area contributed by atoms with Gasteiger partial charge in [0, 0.05) is 24.7 Å². The van der Waals surface area contributed by atoms with Gasteiger partial charge >= 0.3 is 0 Å². The highest BCUT2D eigenvalue weighted by Gasteiger charge is 2.23.